The largest absolute Gasteiger partial charge is 0.197 e. The molecule has 1 atom stereocenters. The van der Waals surface area contributed by atoms with Gasteiger partial charge >= 0.3 is 0 Å². The van der Waals surface area contributed by atoms with E-state index >= 15 is 0 Å². The lowest BCUT2D eigenvalue weighted by atomic mass is 9.89. The van der Waals surface area contributed by atoms with Gasteiger partial charge in [-0.1, -0.05) is 54.1 Å². The Kier molecular flexibility index (Phi) is 3.25. The van der Waals surface area contributed by atoms with Crippen molar-refractivity contribution in [1.29, 1.82) is 5.26 Å². The summed E-state index contributed by atoms with van der Waals surface area (Å²) in [6, 6.07) is 18.6. The molecule has 17 heavy (non-hydrogen) atoms. The number of rotatable bonds is 2. The first-order chi connectivity index (χ1) is 8.22. The van der Waals surface area contributed by atoms with Crippen molar-refractivity contribution in [2.45, 2.75) is 19.8 Å². The topological polar surface area (TPSA) is 23.8 Å². The van der Waals surface area contributed by atoms with E-state index in [2.05, 4.69) is 38.1 Å². The van der Waals surface area contributed by atoms with Gasteiger partial charge in [-0.15, -0.1) is 0 Å². The maximum atomic E-state index is 9.40. The summed E-state index contributed by atoms with van der Waals surface area (Å²) in [4.78, 5) is 0. The fourth-order valence-electron chi connectivity index (χ4n) is 2.04. The predicted octanol–water partition coefficient (Wildman–Crippen LogP) is 3.96. The molecular formula is C16H15N. The van der Waals surface area contributed by atoms with Gasteiger partial charge in [0.2, 0.25) is 0 Å². The van der Waals surface area contributed by atoms with E-state index in [1.54, 1.807) is 0 Å². The highest BCUT2D eigenvalue weighted by Crippen LogP contribution is 2.27. The van der Waals surface area contributed by atoms with Gasteiger partial charge in [-0.05, 0) is 30.5 Å². The number of hydrogen-bond acceptors (Lipinski definition) is 1. The molecule has 0 N–H and O–H groups in total. The summed E-state index contributed by atoms with van der Waals surface area (Å²) >= 11 is 0. The van der Waals surface area contributed by atoms with Crippen LogP contribution < -0.4 is 0 Å². The van der Waals surface area contributed by atoms with Crippen LogP contribution in [0.15, 0.2) is 48.5 Å². The molecule has 0 aliphatic carbocycles. The van der Waals surface area contributed by atoms with Gasteiger partial charge in [0.05, 0.1) is 12.0 Å². The Morgan fingerprint density at radius 1 is 1.00 bits per heavy atom. The second-order valence-electron chi connectivity index (χ2n) is 4.33. The van der Waals surface area contributed by atoms with Gasteiger partial charge < -0.3 is 0 Å². The molecule has 0 fully saturated rings. The van der Waals surface area contributed by atoms with Crippen molar-refractivity contribution in [2.75, 3.05) is 0 Å². The molecule has 0 saturated carbocycles. The summed E-state index contributed by atoms with van der Waals surface area (Å²) in [6.07, 6.45) is 0. The zero-order valence-corrected chi connectivity index (χ0v) is 10.1. The van der Waals surface area contributed by atoms with E-state index in [4.69, 9.17) is 0 Å². The third kappa shape index (κ3) is 2.37. The molecule has 0 heterocycles. The standard InChI is InChI=1S/C16H15N/c1-12-8-9-13(2)15(10-12)16(11-17)14-6-4-3-5-7-14/h3-10,16H,1-2H3. The summed E-state index contributed by atoms with van der Waals surface area (Å²) in [5.41, 5.74) is 4.54. The molecule has 1 unspecified atom stereocenters. The predicted molar refractivity (Wildman–Crippen MR) is 69.8 cm³/mol. The Morgan fingerprint density at radius 3 is 2.35 bits per heavy atom. The number of nitriles is 1. The Morgan fingerprint density at radius 2 is 1.71 bits per heavy atom. The molecule has 2 aromatic rings. The third-order valence-corrected chi connectivity index (χ3v) is 3.01. The minimum Gasteiger partial charge on any atom is -0.197 e. The quantitative estimate of drug-likeness (QED) is 0.753. The summed E-state index contributed by atoms with van der Waals surface area (Å²) in [5, 5.41) is 9.40. The Balaban J connectivity index is 2.51. The molecule has 1 heteroatoms. The first kappa shape index (κ1) is 11.4. The molecule has 0 saturated heterocycles. The lowest BCUT2D eigenvalue weighted by molar-refractivity contribution is 1.01. The van der Waals surface area contributed by atoms with Crippen LogP contribution in [0.25, 0.3) is 0 Å². The average molecular weight is 221 g/mol. The van der Waals surface area contributed by atoms with Crippen molar-refractivity contribution in [3.05, 3.63) is 70.8 Å². The van der Waals surface area contributed by atoms with E-state index in [0.717, 1.165) is 11.1 Å². The maximum Gasteiger partial charge on any atom is 0.0965 e. The second kappa shape index (κ2) is 4.84. The van der Waals surface area contributed by atoms with Crippen LogP contribution in [0.5, 0.6) is 0 Å². The van der Waals surface area contributed by atoms with Crippen LogP contribution in [0.3, 0.4) is 0 Å². The summed E-state index contributed by atoms with van der Waals surface area (Å²) < 4.78 is 0. The fourth-order valence-corrected chi connectivity index (χ4v) is 2.04. The number of nitrogens with zero attached hydrogens (tertiary/aromatic N) is 1. The molecule has 0 bridgehead atoms. The van der Waals surface area contributed by atoms with Gasteiger partial charge in [0.15, 0.2) is 0 Å². The molecule has 0 aromatic heterocycles. The van der Waals surface area contributed by atoms with E-state index in [-0.39, 0.29) is 5.92 Å². The Labute approximate surface area is 102 Å². The van der Waals surface area contributed by atoms with Crippen LogP contribution in [-0.2, 0) is 0 Å². The lowest BCUT2D eigenvalue weighted by Crippen LogP contribution is -2.01. The Hall–Kier alpha value is -2.07. The van der Waals surface area contributed by atoms with Crippen molar-refractivity contribution in [3.8, 4) is 6.07 Å². The van der Waals surface area contributed by atoms with Crippen molar-refractivity contribution in [1.82, 2.24) is 0 Å². The highest BCUT2D eigenvalue weighted by atomic mass is 14.3. The summed E-state index contributed by atoms with van der Waals surface area (Å²) in [6.45, 7) is 4.12. The van der Waals surface area contributed by atoms with E-state index in [1.165, 1.54) is 11.1 Å². The first-order valence-corrected chi connectivity index (χ1v) is 5.74. The number of aryl methyl sites for hydroxylation is 2. The van der Waals surface area contributed by atoms with Crippen LogP contribution in [0.1, 0.15) is 28.2 Å². The monoisotopic (exact) mass is 221 g/mol. The van der Waals surface area contributed by atoms with Crippen molar-refractivity contribution < 1.29 is 0 Å². The van der Waals surface area contributed by atoms with Crippen LogP contribution in [0, 0.1) is 25.2 Å². The minimum absolute atomic E-state index is 0.170. The molecule has 0 amide bonds. The number of hydrogen-bond donors (Lipinski definition) is 0. The highest BCUT2D eigenvalue weighted by Gasteiger charge is 2.15. The van der Waals surface area contributed by atoms with Crippen LogP contribution in [0.4, 0.5) is 0 Å². The molecule has 0 spiro atoms. The first-order valence-electron chi connectivity index (χ1n) is 5.74. The van der Waals surface area contributed by atoms with Gasteiger partial charge in [-0.25, -0.2) is 0 Å². The maximum absolute atomic E-state index is 9.40. The van der Waals surface area contributed by atoms with Crippen LogP contribution in [0.2, 0.25) is 0 Å². The molecule has 84 valence electrons. The Bertz CT molecular complexity index is 549. The van der Waals surface area contributed by atoms with Crippen LogP contribution in [-0.4, -0.2) is 0 Å². The molecule has 2 aromatic carbocycles. The van der Waals surface area contributed by atoms with Gasteiger partial charge in [-0.2, -0.15) is 5.26 Å². The molecule has 0 aliphatic heterocycles. The normalized spacial score (nSPS) is 11.8. The summed E-state index contributed by atoms with van der Waals surface area (Å²) in [7, 11) is 0. The second-order valence-corrected chi connectivity index (χ2v) is 4.33. The van der Waals surface area contributed by atoms with Crippen molar-refractivity contribution in [2.24, 2.45) is 0 Å². The summed E-state index contributed by atoms with van der Waals surface area (Å²) in [5.74, 6) is -0.170. The third-order valence-electron chi connectivity index (χ3n) is 3.01. The average Bonchev–Trinajstić information content (AvgIpc) is 2.36. The SMILES string of the molecule is Cc1ccc(C)c(C(C#N)c2ccccc2)c1. The zero-order chi connectivity index (χ0) is 12.3. The molecule has 1 nitrogen and oxygen atoms in total. The number of benzene rings is 2. The van der Waals surface area contributed by atoms with E-state index in [0.29, 0.717) is 0 Å². The van der Waals surface area contributed by atoms with Gasteiger partial charge in [0, 0.05) is 0 Å². The lowest BCUT2D eigenvalue weighted by Gasteiger charge is -2.13. The molecule has 2 rings (SSSR count). The van der Waals surface area contributed by atoms with Crippen molar-refractivity contribution >= 4 is 0 Å². The zero-order valence-electron chi connectivity index (χ0n) is 10.1. The van der Waals surface area contributed by atoms with Crippen molar-refractivity contribution in [3.63, 3.8) is 0 Å². The van der Waals surface area contributed by atoms with Crippen LogP contribution >= 0.6 is 0 Å². The molecule has 0 radical (unpaired) electrons. The van der Waals surface area contributed by atoms with Gasteiger partial charge in [-0.3, -0.25) is 0 Å². The van der Waals surface area contributed by atoms with E-state index in [1.807, 2.05) is 30.3 Å². The van der Waals surface area contributed by atoms with Gasteiger partial charge in [0.25, 0.3) is 0 Å². The van der Waals surface area contributed by atoms with Gasteiger partial charge in [0.1, 0.15) is 0 Å². The fraction of sp³-hybridized carbons (Fsp3) is 0.188. The molecular weight excluding hydrogens is 206 g/mol. The smallest absolute Gasteiger partial charge is 0.0965 e. The molecule has 0 aliphatic rings. The van der Waals surface area contributed by atoms with E-state index in [9.17, 15) is 5.26 Å². The van der Waals surface area contributed by atoms with E-state index < -0.39 is 0 Å². The minimum atomic E-state index is -0.170. The highest BCUT2D eigenvalue weighted by molar-refractivity contribution is 5.43.